The predicted octanol–water partition coefficient (Wildman–Crippen LogP) is 1.77. The number of hydrogen-bond acceptors (Lipinski definition) is 3. The standard InChI is InChI=1S/C16H32N4O/c1-2-15(8-9-17)19-10-12-20(13-11-19)16(21)18-14-6-4-3-5-7-14/h14-15H,2-13,17H2,1H3,(H,18,21). The van der Waals surface area contributed by atoms with Crippen LogP contribution in [0.5, 0.6) is 0 Å². The maximum absolute atomic E-state index is 12.3. The van der Waals surface area contributed by atoms with E-state index in [0.717, 1.165) is 58.4 Å². The van der Waals surface area contributed by atoms with Gasteiger partial charge in [0.1, 0.15) is 0 Å². The van der Waals surface area contributed by atoms with Crippen molar-refractivity contribution in [2.24, 2.45) is 5.73 Å². The van der Waals surface area contributed by atoms with Crippen molar-refractivity contribution in [3.63, 3.8) is 0 Å². The lowest BCUT2D eigenvalue weighted by molar-refractivity contribution is 0.101. The monoisotopic (exact) mass is 296 g/mol. The molecule has 1 atom stereocenters. The van der Waals surface area contributed by atoms with E-state index in [1.165, 1.54) is 19.3 Å². The number of piperazine rings is 1. The van der Waals surface area contributed by atoms with Crippen molar-refractivity contribution in [2.45, 2.75) is 64.0 Å². The van der Waals surface area contributed by atoms with Crippen LogP contribution in [0.4, 0.5) is 4.79 Å². The van der Waals surface area contributed by atoms with Crippen molar-refractivity contribution in [3.05, 3.63) is 0 Å². The van der Waals surface area contributed by atoms with Gasteiger partial charge in [0.2, 0.25) is 0 Å². The molecule has 1 aliphatic carbocycles. The highest BCUT2D eigenvalue weighted by atomic mass is 16.2. The highest BCUT2D eigenvalue weighted by molar-refractivity contribution is 5.74. The zero-order valence-electron chi connectivity index (χ0n) is 13.5. The van der Waals surface area contributed by atoms with Gasteiger partial charge >= 0.3 is 6.03 Å². The van der Waals surface area contributed by atoms with E-state index in [-0.39, 0.29) is 6.03 Å². The van der Waals surface area contributed by atoms with Gasteiger partial charge in [-0.2, -0.15) is 0 Å². The van der Waals surface area contributed by atoms with Gasteiger partial charge in [-0.1, -0.05) is 26.2 Å². The third-order valence-corrected chi connectivity index (χ3v) is 5.02. The Morgan fingerprint density at radius 3 is 2.43 bits per heavy atom. The highest BCUT2D eigenvalue weighted by Crippen LogP contribution is 2.18. The summed E-state index contributed by atoms with van der Waals surface area (Å²) in [6.07, 6.45) is 8.35. The van der Waals surface area contributed by atoms with Crippen LogP contribution >= 0.6 is 0 Å². The lowest BCUT2D eigenvalue weighted by atomic mass is 9.96. The second-order valence-corrected chi connectivity index (χ2v) is 6.45. The number of nitrogens with one attached hydrogen (secondary N) is 1. The van der Waals surface area contributed by atoms with Crippen LogP contribution in [0, 0.1) is 0 Å². The Morgan fingerprint density at radius 1 is 1.19 bits per heavy atom. The van der Waals surface area contributed by atoms with Crippen LogP contribution in [0.25, 0.3) is 0 Å². The second-order valence-electron chi connectivity index (χ2n) is 6.45. The molecule has 3 N–H and O–H groups in total. The Kier molecular flexibility index (Phi) is 6.77. The molecule has 1 saturated carbocycles. The number of nitrogens with zero attached hydrogens (tertiary/aromatic N) is 2. The van der Waals surface area contributed by atoms with Crippen LogP contribution in [0.2, 0.25) is 0 Å². The number of hydrogen-bond donors (Lipinski definition) is 2. The number of rotatable bonds is 5. The molecule has 2 aliphatic rings. The molecule has 5 heteroatoms. The normalized spacial score (nSPS) is 23.0. The van der Waals surface area contributed by atoms with Crippen LogP contribution in [0.15, 0.2) is 0 Å². The molecule has 0 radical (unpaired) electrons. The average molecular weight is 296 g/mol. The van der Waals surface area contributed by atoms with Crippen molar-refractivity contribution in [1.82, 2.24) is 15.1 Å². The summed E-state index contributed by atoms with van der Waals surface area (Å²) in [5.41, 5.74) is 5.69. The van der Waals surface area contributed by atoms with E-state index in [0.29, 0.717) is 12.1 Å². The van der Waals surface area contributed by atoms with E-state index in [1.807, 2.05) is 4.90 Å². The molecule has 122 valence electrons. The minimum absolute atomic E-state index is 0.147. The van der Waals surface area contributed by atoms with Crippen LogP contribution in [-0.2, 0) is 0 Å². The first-order valence-corrected chi connectivity index (χ1v) is 8.74. The van der Waals surface area contributed by atoms with Gasteiger partial charge in [-0.15, -0.1) is 0 Å². The van der Waals surface area contributed by atoms with E-state index >= 15 is 0 Å². The Labute approximate surface area is 129 Å². The molecule has 0 aromatic carbocycles. The number of carbonyl (C=O) groups is 1. The molecular weight excluding hydrogens is 264 g/mol. The summed E-state index contributed by atoms with van der Waals surface area (Å²) in [7, 11) is 0. The summed E-state index contributed by atoms with van der Waals surface area (Å²) in [6, 6.07) is 1.14. The van der Waals surface area contributed by atoms with E-state index in [4.69, 9.17) is 5.73 Å². The number of carbonyl (C=O) groups excluding carboxylic acids is 1. The summed E-state index contributed by atoms with van der Waals surface area (Å²) in [6.45, 7) is 6.63. The Hall–Kier alpha value is -0.810. The van der Waals surface area contributed by atoms with Crippen molar-refractivity contribution < 1.29 is 4.79 Å². The second kappa shape index (κ2) is 8.59. The number of amides is 2. The van der Waals surface area contributed by atoms with Crippen LogP contribution in [0.3, 0.4) is 0 Å². The third kappa shape index (κ3) is 4.85. The first kappa shape index (κ1) is 16.6. The Morgan fingerprint density at radius 2 is 1.86 bits per heavy atom. The van der Waals surface area contributed by atoms with Crippen molar-refractivity contribution in [1.29, 1.82) is 0 Å². The van der Waals surface area contributed by atoms with Gasteiger partial charge in [-0.25, -0.2) is 4.79 Å². The molecule has 0 spiro atoms. The minimum atomic E-state index is 0.147. The first-order chi connectivity index (χ1) is 10.2. The average Bonchev–Trinajstić information content (AvgIpc) is 2.54. The molecule has 0 aromatic heterocycles. The fraction of sp³-hybridized carbons (Fsp3) is 0.938. The smallest absolute Gasteiger partial charge is 0.317 e. The van der Waals surface area contributed by atoms with Crippen LogP contribution in [0.1, 0.15) is 51.9 Å². The SMILES string of the molecule is CCC(CCN)N1CCN(C(=O)NC2CCCCC2)CC1. The molecule has 2 amide bonds. The summed E-state index contributed by atoms with van der Waals surface area (Å²) in [4.78, 5) is 16.8. The maximum atomic E-state index is 12.3. The zero-order valence-corrected chi connectivity index (χ0v) is 13.5. The van der Waals surface area contributed by atoms with Gasteiger partial charge < -0.3 is 16.0 Å². The largest absolute Gasteiger partial charge is 0.335 e. The molecule has 1 aliphatic heterocycles. The molecule has 0 bridgehead atoms. The first-order valence-electron chi connectivity index (χ1n) is 8.74. The minimum Gasteiger partial charge on any atom is -0.335 e. The summed E-state index contributed by atoms with van der Waals surface area (Å²) in [5.74, 6) is 0. The van der Waals surface area contributed by atoms with Gasteiger partial charge in [0.15, 0.2) is 0 Å². The molecule has 5 nitrogen and oxygen atoms in total. The predicted molar refractivity (Wildman–Crippen MR) is 86.3 cm³/mol. The van der Waals surface area contributed by atoms with E-state index in [9.17, 15) is 4.79 Å². The van der Waals surface area contributed by atoms with Crippen LogP contribution in [-0.4, -0.2) is 60.6 Å². The van der Waals surface area contributed by atoms with E-state index in [2.05, 4.69) is 17.1 Å². The fourth-order valence-electron chi connectivity index (χ4n) is 3.64. The Balaban J connectivity index is 1.73. The quantitative estimate of drug-likeness (QED) is 0.813. The van der Waals surface area contributed by atoms with E-state index in [1.54, 1.807) is 0 Å². The number of nitrogens with two attached hydrogens (primary N) is 1. The van der Waals surface area contributed by atoms with Gasteiger partial charge in [0.05, 0.1) is 0 Å². The highest BCUT2D eigenvalue weighted by Gasteiger charge is 2.26. The van der Waals surface area contributed by atoms with E-state index < -0.39 is 0 Å². The summed E-state index contributed by atoms with van der Waals surface area (Å²) < 4.78 is 0. The molecular formula is C16H32N4O. The van der Waals surface area contributed by atoms with Crippen molar-refractivity contribution in [3.8, 4) is 0 Å². The van der Waals surface area contributed by atoms with Gasteiger partial charge in [0.25, 0.3) is 0 Å². The van der Waals surface area contributed by atoms with Gasteiger partial charge in [-0.3, -0.25) is 4.90 Å². The molecule has 2 rings (SSSR count). The molecule has 1 heterocycles. The summed E-state index contributed by atoms with van der Waals surface area (Å²) in [5, 5.41) is 3.22. The van der Waals surface area contributed by atoms with Gasteiger partial charge in [0, 0.05) is 38.3 Å². The molecule has 1 saturated heterocycles. The lowest BCUT2D eigenvalue weighted by Crippen LogP contribution is -2.55. The summed E-state index contributed by atoms with van der Waals surface area (Å²) >= 11 is 0. The molecule has 1 unspecified atom stereocenters. The fourth-order valence-corrected chi connectivity index (χ4v) is 3.64. The Bertz CT molecular complexity index is 309. The van der Waals surface area contributed by atoms with Crippen molar-refractivity contribution in [2.75, 3.05) is 32.7 Å². The van der Waals surface area contributed by atoms with Gasteiger partial charge in [-0.05, 0) is 32.2 Å². The molecule has 0 aromatic rings. The lowest BCUT2D eigenvalue weighted by Gasteiger charge is -2.39. The molecule has 2 fully saturated rings. The van der Waals surface area contributed by atoms with Crippen molar-refractivity contribution >= 4 is 6.03 Å². The maximum Gasteiger partial charge on any atom is 0.317 e. The number of urea groups is 1. The third-order valence-electron chi connectivity index (χ3n) is 5.02. The topological polar surface area (TPSA) is 61.6 Å². The molecule has 21 heavy (non-hydrogen) atoms. The van der Waals surface area contributed by atoms with Crippen LogP contribution < -0.4 is 11.1 Å². The zero-order chi connectivity index (χ0) is 15.1.